The molecule has 1 aliphatic heterocycles. The van der Waals surface area contributed by atoms with Gasteiger partial charge in [-0.05, 0) is 43.0 Å². The molecular weight excluding hydrogens is 380 g/mol. The largest absolute Gasteiger partial charge is 0.425 e. The number of hydrogen-bond donors (Lipinski definition) is 2. The Kier molecular flexibility index (Phi) is 4.34. The fourth-order valence-corrected chi connectivity index (χ4v) is 3.74. The van der Waals surface area contributed by atoms with Crippen molar-refractivity contribution in [1.29, 1.82) is 0 Å². The zero-order chi connectivity index (χ0) is 21.8. The fourth-order valence-electron chi connectivity index (χ4n) is 3.74. The second-order valence-electron chi connectivity index (χ2n) is 9.19. The number of carbonyl (C=O) groups excluding carboxylic acids is 2. The van der Waals surface area contributed by atoms with Crippen molar-refractivity contribution in [1.82, 2.24) is 4.98 Å². The Morgan fingerprint density at radius 3 is 2.50 bits per heavy atom. The molecule has 1 aliphatic rings. The van der Waals surface area contributed by atoms with Crippen LogP contribution in [0.25, 0.3) is 10.9 Å². The van der Waals surface area contributed by atoms with E-state index in [2.05, 4.69) is 10.3 Å². The van der Waals surface area contributed by atoms with Gasteiger partial charge in [-0.25, -0.2) is 0 Å². The molecule has 3 aromatic rings. The van der Waals surface area contributed by atoms with Crippen LogP contribution < -0.4 is 15.5 Å². The van der Waals surface area contributed by atoms with Crippen molar-refractivity contribution in [2.45, 2.75) is 45.4 Å². The highest BCUT2D eigenvalue weighted by Gasteiger charge is 2.42. The molecule has 0 atom stereocenters. The zero-order valence-corrected chi connectivity index (χ0v) is 17.7. The van der Waals surface area contributed by atoms with E-state index in [0.29, 0.717) is 22.3 Å². The lowest BCUT2D eigenvalue weighted by Gasteiger charge is -2.25. The number of benzene rings is 2. The number of ether oxygens (including phenoxy) is 1. The summed E-state index contributed by atoms with van der Waals surface area (Å²) in [5.41, 5.74) is 1.45. The van der Waals surface area contributed by atoms with Crippen LogP contribution in [0.2, 0.25) is 0 Å². The maximum atomic E-state index is 13.0. The third-order valence-corrected chi connectivity index (χ3v) is 5.60. The Bertz CT molecular complexity index is 1260. The lowest BCUT2D eigenvalue weighted by molar-refractivity contribution is -0.137. The summed E-state index contributed by atoms with van der Waals surface area (Å²) in [4.78, 5) is 41.1. The normalized spacial score (nSPS) is 15.0. The van der Waals surface area contributed by atoms with E-state index in [1.165, 1.54) is 6.20 Å². The number of para-hydroxylation sites is 1. The van der Waals surface area contributed by atoms with Crippen LogP contribution in [0, 0.1) is 0 Å². The van der Waals surface area contributed by atoms with Crippen molar-refractivity contribution in [2.75, 3.05) is 5.32 Å². The van der Waals surface area contributed by atoms with Crippen molar-refractivity contribution in [3.8, 4) is 5.75 Å². The van der Waals surface area contributed by atoms with Crippen molar-refractivity contribution in [2.24, 2.45) is 0 Å². The first-order chi connectivity index (χ1) is 14.0. The third-order valence-electron chi connectivity index (χ3n) is 5.60. The van der Waals surface area contributed by atoms with Crippen LogP contribution in [-0.2, 0) is 15.6 Å². The van der Waals surface area contributed by atoms with Gasteiger partial charge in [-0.3, -0.25) is 14.4 Å². The van der Waals surface area contributed by atoms with Crippen LogP contribution in [0.15, 0.2) is 47.4 Å². The first-order valence-corrected chi connectivity index (χ1v) is 9.83. The molecule has 0 unspecified atom stereocenters. The molecule has 0 spiro atoms. The lowest BCUT2D eigenvalue weighted by Crippen LogP contribution is -2.26. The molecule has 2 heterocycles. The SMILES string of the molecule is CC(C)(C)c1cc2c(cc1NC(=O)c1c[nH]c3ccccc3c1=O)OC(=O)C2(C)C. The van der Waals surface area contributed by atoms with Crippen LogP contribution in [0.3, 0.4) is 0 Å². The number of anilines is 1. The van der Waals surface area contributed by atoms with Crippen molar-refractivity contribution in [3.63, 3.8) is 0 Å². The predicted molar refractivity (Wildman–Crippen MR) is 116 cm³/mol. The standard InChI is InChI=1S/C24H24N2O4/c1-23(2,3)15-10-16-19(30-22(29)24(16,4)5)11-18(15)26-21(28)14-12-25-17-9-7-6-8-13(17)20(14)27/h6-12H,1-5H3,(H,25,27)(H,26,28). The van der Waals surface area contributed by atoms with Crippen LogP contribution >= 0.6 is 0 Å². The number of pyridine rings is 1. The highest BCUT2D eigenvalue weighted by atomic mass is 16.5. The van der Waals surface area contributed by atoms with Crippen LogP contribution in [0.4, 0.5) is 5.69 Å². The Balaban J connectivity index is 1.79. The summed E-state index contributed by atoms with van der Waals surface area (Å²) in [5.74, 6) is -0.413. The topological polar surface area (TPSA) is 88.3 Å². The number of nitrogens with one attached hydrogen (secondary N) is 2. The van der Waals surface area contributed by atoms with E-state index in [9.17, 15) is 14.4 Å². The van der Waals surface area contributed by atoms with Gasteiger partial charge in [-0.1, -0.05) is 32.9 Å². The summed E-state index contributed by atoms with van der Waals surface area (Å²) in [6, 6.07) is 10.6. The predicted octanol–water partition coefficient (Wildman–Crippen LogP) is 4.27. The molecule has 6 heteroatoms. The molecule has 0 saturated heterocycles. The second-order valence-corrected chi connectivity index (χ2v) is 9.19. The number of aromatic amines is 1. The average Bonchev–Trinajstić information content (AvgIpc) is 2.89. The smallest absolute Gasteiger partial charge is 0.321 e. The molecule has 4 rings (SSSR count). The van der Waals surface area contributed by atoms with Crippen molar-refractivity contribution >= 4 is 28.5 Å². The van der Waals surface area contributed by atoms with E-state index >= 15 is 0 Å². The van der Waals surface area contributed by atoms with E-state index in [4.69, 9.17) is 4.74 Å². The number of rotatable bonds is 2. The highest BCUT2D eigenvalue weighted by molar-refractivity contribution is 6.06. The molecule has 2 N–H and O–H groups in total. The molecule has 0 saturated carbocycles. The van der Waals surface area contributed by atoms with E-state index in [1.807, 2.05) is 46.8 Å². The number of esters is 1. The quantitative estimate of drug-likeness (QED) is 0.493. The molecule has 1 amide bonds. The van der Waals surface area contributed by atoms with Gasteiger partial charge in [-0.2, -0.15) is 0 Å². The minimum absolute atomic E-state index is 0.0198. The Morgan fingerprint density at radius 2 is 1.80 bits per heavy atom. The molecule has 6 nitrogen and oxygen atoms in total. The minimum atomic E-state index is -0.757. The summed E-state index contributed by atoms with van der Waals surface area (Å²) >= 11 is 0. The fraction of sp³-hybridized carbons (Fsp3) is 0.292. The zero-order valence-electron chi connectivity index (χ0n) is 17.7. The van der Waals surface area contributed by atoms with Crippen LogP contribution in [0.1, 0.15) is 56.1 Å². The third kappa shape index (κ3) is 3.09. The second kappa shape index (κ2) is 6.55. The van der Waals surface area contributed by atoms with Crippen LogP contribution in [0.5, 0.6) is 5.75 Å². The summed E-state index contributed by atoms with van der Waals surface area (Å²) in [6.45, 7) is 9.72. The molecular formula is C24H24N2O4. The Labute approximate surface area is 174 Å². The van der Waals surface area contributed by atoms with E-state index < -0.39 is 11.3 Å². The average molecular weight is 404 g/mol. The van der Waals surface area contributed by atoms with Gasteiger partial charge in [0.2, 0.25) is 5.43 Å². The first-order valence-electron chi connectivity index (χ1n) is 9.83. The van der Waals surface area contributed by atoms with Crippen LogP contribution in [-0.4, -0.2) is 16.9 Å². The molecule has 30 heavy (non-hydrogen) atoms. The number of amides is 1. The van der Waals surface area contributed by atoms with Gasteiger partial charge in [-0.15, -0.1) is 0 Å². The molecule has 0 bridgehead atoms. The van der Waals surface area contributed by atoms with Gasteiger partial charge >= 0.3 is 5.97 Å². The van der Waals surface area contributed by atoms with Gasteiger partial charge in [0.1, 0.15) is 11.3 Å². The molecule has 0 fully saturated rings. The molecule has 0 radical (unpaired) electrons. The minimum Gasteiger partial charge on any atom is -0.425 e. The van der Waals surface area contributed by atoms with Gasteiger partial charge in [0.15, 0.2) is 0 Å². The Morgan fingerprint density at radius 1 is 1.10 bits per heavy atom. The van der Waals surface area contributed by atoms with Gasteiger partial charge in [0.25, 0.3) is 5.91 Å². The summed E-state index contributed by atoms with van der Waals surface area (Å²) < 4.78 is 5.44. The number of fused-ring (bicyclic) bond motifs is 2. The van der Waals surface area contributed by atoms with E-state index in [-0.39, 0.29) is 22.4 Å². The lowest BCUT2D eigenvalue weighted by atomic mass is 9.79. The van der Waals surface area contributed by atoms with Crippen molar-refractivity contribution in [3.05, 3.63) is 69.5 Å². The molecule has 1 aromatic heterocycles. The maximum absolute atomic E-state index is 13.0. The number of aromatic nitrogens is 1. The van der Waals surface area contributed by atoms with E-state index in [1.54, 1.807) is 24.3 Å². The van der Waals surface area contributed by atoms with E-state index in [0.717, 1.165) is 11.1 Å². The first kappa shape index (κ1) is 19.9. The summed E-state index contributed by atoms with van der Waals surface area (Å²) in [5, 5.41) is 3.31. The van der Waals surface area contributed by atoms with Crippen molar-refractivity contribution < 1.29 is 14.3 Å². The molecule has 2 aromatic carbocycles. The molecule has 0 aliphatic carbocycles. The van der Waals surface area contributed by atoms with Gasteiger partial charge < -0.3 is 15.0 Å². The number of carbonyl (C=O) groups is 2. The van der Waals surface area contributed by atoms with Gasteiger partial charge in [0, 0.05) is 34.4 Å². The van der Waals surface area contributed by atoms with Gasteiger partial charge in [0.05, 0.1) is 5.41 Å². The summed E-state index contributed by atoms with van der Waals surface area (Å²) in [7, 11) is 0. The summed E-state index contributed by atoms with van der Waals surface area (Å²) in [6.07, 6.45) is 1.42. The number of H-pyrrole nitrogens is 1. The number of hydrogen-bond acceptors (Lipinski definition) is 4. The maximum Gasteiger partial charge on any atom is 0.321 e. The Hall–Kier alpha value is -3.41. The molecule has 154 valence electrons. The highest BCUT2D eigenvalue weighted by Crippen LogP contribution is 2.44. The monoisotopic (exact) mass is 404 g/mol.